The normalized spacial score (nSPS) is 12.0. The molecule has 1 N–H and O–H groups in total. The van der Waals surface area contributed by atoms with Crippen LogP contribution in [-0.2, 0) is 4.79 Å². The number of benzene rings is 2. The lowest BCUT2D eigenvalue weighted by atomic mass is 10.1. The van der Waals surface area contributed by atoms with Crippen LogP contribution < -0.4 is 15.6 Å². The number of nitrogens with one attached hydrogen (secondary N) is 1. The van der Waals surface area contributed by atoms with E-state index in [9.17, 15) is 9.59 Å². The fourth-order valence-electron chi connectivity index (χ4n) is 3.39. The van der Waals surface area contributed by atoms with Crippen LogP contribution in [-0.4, -0.2) is 27.7 Å². The molecule has 4 aromatic rings. The lowest BCUT2D eigenvalue weighted by Gasteiger charge is -2.18. The molecule has 0 fully saturated rings. The number of nitrogens with zero attached hydrogens (tertiary/aromatic N) is 3. The van der Waals surface area contributed by atoms with Crippen LogP contribution in [0.1, 0.15) is 19.4 Å². The number of carbonyl (C=O) groups excluding carboxylic acids is 1. The largest absolute Gasteiger partial charge is 0.495 e. The molecule has 0 aliphatic carbocycles. The fourth-order valence-corrected chi connectivity index (χ4v) is 3.69. The number of anilines is 1. The van der Waals surface area contributed by atoms with Gasteiger partial charge in [-0.3, -0.25) is 14.2 Å². The van der Waals surface area contributed by atoms with E-state index in [1.165, 1.54) is 18.0 Å². The van der Waals surface area contributed by atoms with E-state index in [1.807, 2.05) is 0 Å². The van der Waals surface area contributed by atoms with Gasteiger partial charge in [0, 0.05) is 15.6 Å². The smallest absolute Gasteiger partial charge is 0.267 e. The first-order chi connectivity index (χ1) is 15.4. The highest BCUT2D eigenvalue weighted by Gasteiger charge is 2.25. The number of hydrogen-bond donors (Lipinski definition) is 1. The van der Waals surface area contributed by atoms with Gasteiger partial charge in [-0.1, -0.05) is 47.4 Å². The van der Waals surface area contributed by atoms with Gasteiger partial charge in [-0.25, -0.2) is 4.98 Å². The molecule has 0 spiro atoms. The minimum absolute atomic E-state index is 0.0861. The molecular formula is C22H18Cl2N4O4. The Kier molecular flexibility index (Phi) is 6.16. The molecule has 1 atom stereocenters. The third-order valence-electron chi connectivity index (χ3n) is 4.98. The predicted octanol–water partition coefficient (Wildman–Crippen LogP) is 4.96. The standard InChI is InChI=1S/C22H18Cl2N4O4/c1-3-16(20(29)26-15-10-14(24)8-9-17(15)31-2)28-11-25-21-18(22(28)30)19(27-32-21)12-4-6-13(23)7-5-12/h4-11,16H,3H2,1-2H3,(H,26,29)/t16-/m1/s1. The second kappa shape index (κ2) is 9.02. The number of aromatic nitrogens is 3. The average Bonchev–Trinajstić information content (AvgIpc) is 3.21. The van der Waals surface area contributed by atoms with Gasteiger partial charge in [0.25, 0.3) is 11.3 Å². The van der Waals surface area contributed by atoms with Gasteiger partial charge in [-0.15, -0.1) is 0 Å². The second-order valence-corrected chi connectivity index (χ2v) is 7.81. The van der Waals surface area contributed by atoms with Crippen molar-refractivity contribution < 1.29 is 14.1 Å². The van der Waals surface area contributed by atoms with Crippen LogP contribution in [0, 0.1) is 0 Å². The monoisotopic (exact) mass is 472 g/mol. The number of amides is 1. The lowest BCUT2D eigenvalue weighted by Crippen LogP contribution is -2.33. The van der Waals surface area contributed by atoms with Crippen molar-refractivity contribution >= 4 is 45.9 Å². The number of hydrogen-bond acceptors (Lipinski definition) is 6. The highest BCUT2D eigenvalue weighted by Crippen LogP contribution is 2.29. The van der Waals surface area contributed by atoms with E-state index in [-0.39, 0.29) is 11.1 Å². The molecule has 10 heteroatoms. The van der Waals surface area contributed by atoms with Gasteiger partial charge in [0.1, 0.15) is 29.2 Å². The fraction of sp³-hybridized carbons (Fsp3) is 0.182. The zero-order chi connectivity index (χ0) is 22.8. The summed E-state index contributed by atoms with van der Waals surface area (Å²) in [7, 11) is 1.49. The van der Waals surface area contributed by atoms with Crippen molar-refractivity contribution in [2.24, 2.45) is 0 Å². The molecule has 4 rings (SSSR count). The van der Waals surface area contributed by atoms with Gasteiger partial charge >= 0.3 is 0 Å². The van der Waals surface area contributed by atoms with Gasteiger partial charge in [-0.2, -0.15) is 0 Å². The van der Waals surface area contributed by atoms with Crippen molar-refractivity contribution in [2.75, 3.05) is 12.4 Å². The first kappa shape index (κ1) is 21.9. The molecular weight excluding hydrogens is 455 g/mol. The molecule has 0 saturated heterocycles. The summed E-state index contributed by atoms with van der Waals surface area (Å²) >= 11 is 12.0. The molecule has 164 valence electrons. The molecule has 0 unspecified atom stereocenters. The molecule has 2 aromatic carbocycles. The molecule has 2 heterocycles. The van der Waals surface area contributed by atoms with E-state index >= 15 is 0 Å². The Labute approximate surface area is 192 Å². The summed E-state index contributed by atoms with van der Waals surface area (Å²) in [6.07, 6.45) is 1.62. The van der Waals surface area contributed by atoms with Crippen LogP contribution in [0.2, 0.25) is 10.0 Å². The maximum atomic E-state index is 13.4. The molecule has 0 radical (unpaired) electrons. The number of halogens is 2. The van der Waals surface area contributed by atoms with Gasteiger partial charge in [0.05, 0.1) is 12.8 Å². The summed E-state index contributed by atoms with van der Waals surface area (Å²) in [5, 5.41) is 7.96. The van der Waals surface area contributed by atoms with Crippen molar-refractivity contribution in [1.29, 1.82) is 0 Å². The Morgan fingerprint density at radius 3 is 2.59 bits per heavy atom. The summed E-state index contributed by atoms with van der Waals surface area (Å²) in [4.78, 5) is 30.6. The summed E-state index contributed by atoms with van der Waals surface area (Å²) < 4.78 is 11.8. The van der Waals surface area contributed by atoms with Crippen molar-refractivity contribution in [3.8, 4) is 17.0 Å². The Hall–Kier alpha value is -3.36. The lowest BCUT2D eigenvalue weighted by molar-refractivity contribution is -0.119. The van der Waals surface area contributed by atoms with Gasteiger partial charge in [0.2, 0.25) is 5.91 Å². The third-order valence-corrected chi connectivity index (χ3v) is 5.47. The molecule has 0 aliphatic rings. The van der Waals surface area contributed by atoms with E-state index in [4.69, 9.17) is 32.5 Å². The molecule has 0 saturated carbocycles. The number of carbonyl (C=O) groups is 1. The Morgan fingerprint density at radius 2 is 1.91 bits per heavy atom. The van der Waals surface area contributed by atoms with Crippen molar-refractivity contribution in [1.82, 2.24) is 14.7 Å². The predicted molar refractivity (Wildman–Crippen MR) is 122 cm³/mol. The number of methoxy groups -OCH3 is 1. The SMILES string of the molecule is CC[C@H](C(=O)Nc1cc(Cl)ccc1OC)n1cnc2onc(-c3ccc(Cl)cc3)c2c1=O. The van der Waals surface area contributed by atoms with E-state index in [0.717, 1.165) is 0 Å². The third kappa shape index (κ3) is 4.06. The Bertz CT molecular complexity index is 1350. The van der Waals surface area contributed by atoms with Crippen LogP contribution in [0.3, 0.4) is 0 Å². The summed E-state index contributed by atoms with van der Waals surface area (Å²) in [5.74, 6) is 0.0309. The zero-order valence-corrected chi connectivity index (χ0v) is 18.6. The van der Waals surface area contributed by atoms with E-state index in [0.29, 0.717) is 39.2 Å². The van der Waals surface area contributed by atoms with E-state index < -0.39 is 17.5 Å². The topological polar surface area (TPSA) is 99.2 Å². The first-order valence-corrected chi connectivity index (χ1v) is 10.5. The number of rotatable bonds is 6. The number of fused-ring (bicyclic) bond motifs is 1. The first-order valence-electron chi connectivity index (χ1n) is 9.69. The van der Waals surface area contributed by atoms with Crippen molar-refractivity contribution in [3.05, 3.63) is 69.2 Å². The molecule has 1 amide bonds. The highest BCUT2D eigenvalue weighted by molar-refractivity contribution is 6.31. The van der Waals surface area contributed by atoms with Crippen LogP contribution >= 0.6 is 23.2 Å². The van der Waals surface area contributed by atoms with Crippen LogP contribution in [0.25, 0.3) is 22.4 Å². The minimum Gasteiger partial charge on any atom is -0.495 e. The quantitative estimate of drug-likeness (QED) is 0.425. The van der Waals surface area contributed by atoms with Crippen molar-refractivity contribution in [3.63, 3.8) is 0 Å². The second-order valence-electron chi connectivity index (χ2n) is 6.93. The van der Waals surface area contributed by atoms with Crippen LogP contribution in [0.15, 0.2) is 58.1 Å². The molecule has 0 aliphatic heterocycles. The number of ether oxygens (including phenoxy) is 1. The summed E-state index contributed by atoms with van der Waals surface area (Å²) in [6.45, 7) is 1.80. The maximum absolute atomic E-state index is 13.4. The molecule has 2 aromatic heterocycles. The molecule has 0 bridgehead atoms. The maximum Gasteiger partial charge on any atom is 0.267 e. The minimum atomic E-state index is -0.837. The Balaban J connectivity index is 1.74. The average molecular weight is 473 g/mol. The van der Waals surface area contributed by atoms with Gasteiger partial charge < -0.3 is 14.6 Å². The van der Waals surface area contributed by atoms with Crippen LogP contribution in [0.4, 0.5) is 5.69 Å². The van der Waals surface area contributed by atoms with Gasteiger partial charge in [0.15, 0.2) is 0 Å². The van der Waals surface area contributed by atoms with Gasteiger partial charge in [-0.05, 0) is 36.8 Å². The summed E-state index contributed by atoms with van der Waals surface area (Å²) in [6, 6.07) is 10.9. The zero-order valence-electron chi connectivity index (χ0n) is 17.1. The Morgan fingerprint density at radius 1 is 1.19 bits per heavy atom. The van der Waals surface area contributed by atoms with E-state index in [2.05, 4.69) is 15.5 Å². The molecule has 32 heavy (non-hydrogen) atoms. The van der Waals surface area contributed by atoms with E-state index in [1.54, 1.807) is 49.4 Å². The van der Waals surface area contributed by atoms with Crippen LogP contribution in [0.5, 0.6) is 5.75 Å². The highest BCUT2D eigenvalue weighted by atomic mass is 35.5. The van der Waals surface area contributed by atoms with Crippen molar-refractivity contribution in [2.45, 2.75) is 19.4 Å². The molecule has 8 nitrogen and oxygen atoms in total. The summed E-state index contributed by atoms with van der Waals surface area (Å²) in [5.41, 5.74) is 1.02.